The second-order valence-electron chi connectivity index (χ2n) is 8.21. The summed E-state index contributed by atoms with van der Waals surface area (Å²) >= 11 is 0. The number of benzene rings is 2. The molecule has 0 bridgehead atoms. The standard InChI is InChI=1S/C25H29N3O2/c1-17(2)19-8-10-20(11-9-19)25(29)28-14-12-27(13-15-28)23-16-18(3)21-6-5-7-22(30-4)24(21)26-23/h5-11,16-17H,12-15H2,1-4H3. The minimum Gasteiger partial charge on any atom is -0.494 e. The molecule has 2 aromatic carbocycles. The Labute approximate surface area is 178 Å². The van der Waals surface area contributed by atoms with Crippen molar-refractivity contribution in [2.75, 3.05) is 38.2 Å². The molecule has 0 unspecified atom stereocenters. The molecule has 2 heterocycles. The predicted octanol–water partition coefficient (Wildman–Crippen LogP) is 4.64. The summed E-state index contributed by atoms with van der Waals surface area (Å²) in [4.78, 5) is 22.0. The second kappa shape index (κ2) is 8.34. The van der Waals surface area contributed by atoms with E-state index in [0.29, 0.717) is 19.0 Å². The van der Waals surface area contributed by atoms with Gasteiger partial charge >= 0.3 is 0 Å². The van der Waals surface area contributed by atoms with Gasteiger partial charge in [0.1, 0.15) is 17.1 Å². The number of carbonyl (C=O) groups is 1. The number of hydrogen-bond donors (Lipinski definition) is 0. The van der Waals surface area contributed by atoms with Gasteiger partial charge in [-0.15, -0.1) is 0 Å². The molecule has 0 spiro atoms. The van der Waals surface area contributed by atoms with Crippen molar-refractivity contribution >= 4 is 22.6 Å². The first kappa shape index (κ1) is 20.2. The van der Waals surface area contributed by atoms with Crippen molar-refractivity contribution in [3.63, 3.8) is 0 Å². The zero-order valence-corrected chi connectivity index (χ0v) is 18.2. The monoisotopic (exact) mass is 403 g/mol. The third-order valence-electron chi connectivity index (χ3n) is 5.93. The highest BCUT2D eigenvalue weighted by molar-refractivity contribution is 5.94. The van der Waals surface area contributed by atoms with Gasteiger partial charge in [0, 0.05) is 37.1 Å². The van der Waals surface area contributed by atoms with E-state index in [9.17, 15) is 4.79 Å². The average Bonchev–Trinajstić information content (AvgIpc) is 2.78. The Bertz CT molecular complexity index is 1050. The minimum absolute atomic E-state index is 0.106. The predicted molar refractivity (Wildman–Crippen MR) is 122 cm³/mol. The molecule has 3 aromatic rings. The zero-order valence-electron chi connectivity index (χ0n) is 18.2. The van der Waals surface area contributed by atoms with Crippen LogP contribution in [0.3, 0.4) is 0 Å². The van der Waals surface area contributed by atoms with Crippen LogP contribution in [0.2, 0.25) is 0 Å². The summed E-state index contributed by atoms with van der Waals surface area (Å²) in [6.45, 7) is 9.34. The van der Waals surface area contributed by atoms with E-state index < -0.39 is 0 Å². The van der Waals surface area contributed by atoms with Crippen LogP contribution in [0.4, 0.5) is 5.82 Å². The molecule has 5 heteroatoms. The SMILES string of the molecule is COc1cccc2c(C)cc(N3CCN(C(=O)c4ccc(C(C)C)cc4)CC3)nc12. The number of aryl methyl sites for hydroxylation is 1. The van der Waals surface area contributed by atoms with Crippen molar-refractivity contribution in [3.05, 3.63) is 65.2 Å². The number of piperazine rings is 1. The lowest BCUT2D eigenvalue weighted by Gasteiger charge is -2.35. The Morgan fingerprint density at radius 3 is 2.37 bits per heavy atom. The maximum Gasteiger partial charge on any atom is 0.253 e. The number of rotatable bonds is 4. The summed E-state index contributed by atoms with van der Waals surface area (Å²) in [5, 5.41) is 1.11. The molecular formula is C25H29N3O2. The van der Waals surface area contributed by atoms with E-state index in [1.54, 1.807) is 7.11 Å². The first-order valence-corrected chi connectivity index (χ1v) is 10.6. The number of methoxy groups -OCH3 is 1. The number of fused-ring (bicyclic) bond motifs is 1. The van der Waals surface area contributed by atoms with Crippen LogP contribution in [-0.4, -0.2) is 49.1 Å². The molecule has 1 amide bonds. The van der Waals surface area contributed by atoms with Crippen LogP contribution in [0.5, 0.6) is 5.75 Å². The van der Waals surface area contributed by atoms with Crippen LogP contribution >= 0.6 is 0 Å². The van der Waals surface area contributed by atoms with E-state index in [2.05, 4.69) is 49.9 Å². The fourth-order valence-corrected chi connectivity index (χ4v) is 4.03. The molecule has 5 nitrogen and oxygen atoms in total. The molecule has 30 heavy (non-hydrogen) atoms. The van der Waals surface area contributed by atoms with Crippen LogP contribution in [-0.2, 0) is 0 Å². The smallest absolute Gasteiger partial charge is 0.253 e. The van der Waals surface area contributed by atoms with E-state index in [0.717, 1.165) is 41.1 Å². The zero-order chi connectivity index (χ0) is 21.3. The van der Waals surface area contributed by atoms with Crippen molar-refractivity contribution in [1.29, 1.82) is 0 Å². The minimum atomic E-state index is 0.106. The van der Waals surface area contributed by atoms with Crippen LogP contribution < -0.4 is 9.64 Å². The number of carbonyl (C=O) groups excluding carboxylic acids is 1. The first-order valence-electron chi connectivity index (χ1n) is 10.6. The highest BCUT2D eigenvalue weighted by Gasteiger charge is 2.23. The Balaban J connectivity index is 1.48. The second-order valence-corrected chi connectivity index (χ2v) is 8.21. The molecule has 0 aliphatic carbocycles. The van der Waals surface area contributed by atoms with Crippen molar-refractivity contribution in [3.8, 4) is 5.75 Å². The highest BCUT2D eigenvalue weighted by Crippen LogP contribution is 2.29. The largest absolute Gasteiger partial charge is 0.494 e. The number of ether oxygens (including phenoxy) is 1. The Kier molecular flexibility index (Phi) is 5.62. The topological polar surface area (TPSA) is 45.7 Å². The molecule has 1 aliphatic rings. The number of aromatic nitrogens is 1. The Hall–Kier alpha value is -3.08. The summed E-state index contributed by atoms with van der Waals surface area (Å²) < 4.78 is 5.51. The molecule has 156 valence electrons. The average molecular weight is 404 g/mol. The lowest BCUT2D eigenvalue weighted by molar-refractivity contribution is 0.0746. The van der Waals surface area contributed by atoms with Gasteiger partial charge in [0.2, 0.25) is 0 Å². The first-order chi connectivity index (χ1) is 14.5. The summed E-state index contributed by atoms with van der Waals surface area (Å²) in [6, 6.07) is 16.2. The fourth-order valence-electron chi connectivity index (χ4n) is 4.03. The molecule has 1 fully saturated rings. The molecule has 0 atom stereocenters. The molecule has 1 saturated heterocycles. The maximum atomic E-state index is 12.9. The van der Waals surface area contributed by atoms with Gasteiger partial charge in [0.25, 0.3) is 5.91 Å². The third-order valence-corrected chi connectivity index (χ3v) is 5.93. The van der Waals surface area contributed by atoms with Gasteiger partial charge in [-0.05, 0) is 48.2 Å². The number of para-hydroxylation sites is 1. The van der Waals surface area contributed by atoms with Crippen LogP contribution in [0.25, 0.3) is 10.9 Å². The third kappa shape index (κ3) is 3.84. The van der Waals surface area contributed by atoms with Gasteiger partial charge in [0.05, 0.1) is 7.11 Å². The molecule has 0 saturated carbocycles. The van der Waals surface area contributed by atoms with E-state index in [-0.39, 0.29) is 5.91 Å². The molecule has 1 aliphatic heterocycles. The van der Waals surface area contributed by atoms with E-state index >= 15 is 0 Å². The molecule has 0 N–H and O–H groups in total. The van der Waals surface area contributed by atoms with Gasteiger partial charge < -0.3 is 14.5 Å². The van der Waals surface area contributed by atoms with Gasteiger partial charge in [-0.3, -0.25) is 4.79 Å². The number of nitrogens with zero attached hydrogens (tertiary/aromatic N) is 3. The van der Waals surface area contributed by atoms with E-state index in [1.165, 1.54) is 11.1 Å². The van der Waals surface area contributed by atoms with E-state index in [4.69, 9.17) is 9.72 Å². The summed E-state index contributed by atoms with van der Waals surface area (Å²) in [5.74, 6) is 2.30. The quantitative estimate of drug-likeness (QED) is 0.637. The Morgan fingerprint density at radius 1 is 1.03 bits per heavy atom. The van der Waals surface area contributed by atoms with Crippen molar-refractivity contribution in [1.82, 2.24) is 9.88 Å². The van der Waals surface area contributed by atoms with Crippen LogP contribution in [0.15, 0.2) is 48.5 Å². The molecule has 1 aromatic heterocycles. The van der Waals surface area contributed by atoms with Crippen molar-refractivity contribution < 1.29 is 9.53 Å². The number of amides is 1. The number of anilines is 1. The van der Waals surface area contributed by atoms with Crippen molar-refractivity contribution in [2.24, 2.45) is 0 Å². The van der Waals surface area contributed by atoms with Crippen LogP contribution in [0, 0.1) is 6.92 Å². The van der Waals surface area contributed by atoms with Gasteiger partial charge in [0.15, 0.2) is 0 Å². The van der Waals surface area contributed by atoms with Gasteiger partial charge in [-0.2, -0.15) is 0 Å². The highest BCUT2D eigenvalue weighted by atomic mass is 16.5. The molecule has 4 rings (SSSR count). The lowest BCUT2D eigenvalue weighted by Crippen LogP contribution is -2.49. The maximum absolute atomic E-state index is 12.9. The molecule has 0 radical (unpaired) electrons. The van der Waals surface area contributed by atoms with Gasteiger partial charge in [-0.1, -0.05) is 38.1 Å². The summed E-state index contributed by atoms with van der Waals surface area (Å²) in [7, 11) is 1.68. The van der Waals surface area contributed by atoms with Gasteiger partial charge in [-0.25, -0.2) is 4.98 Å². The fraction of sp³-hybridized carbons (Fsp3) is 0.360. The van der Waals surface area contributed by atoms with Crippen molar-refractivity contribution in [2.45, 2.75) is 26.7 Å². The summed E-state index contributed by atoms with van der Waals surface area (Å²) in [5.41, 5.74) is 4.08. The lowest BCUT2D eigenvalue weighted by atomic mass is 10.0. The number of pyridine rings is 1. The van der Waals surface area contributed by atoms with Crippen LogP contribution in [0.1, 0.15) is 41.3 Å². The summed E-state index contributed by atoms with van der Waals surface area (Å²) in [6.07, 6.45) is 0. The number of hydrogen-bond acceptors (Lipinski definition) is 4. The Morgan fingerprint density at radius 2 is 1.73 bits per heavy atom. The van der Waals surface area contributed by atoms with E-state index in [1.807, 2.05) is 29.2 Å². The molecular weight excluding hydrogens is 374 g/mol. The normalized spacial score (nSPS) is 14.4.